The zero-order valence-corrected chi connectivity index (χ0v) is 15.0. The number of nitrogens with zero attached hydrogens (tertiary/aromatic N) is 3. The molecule has 0 bridgehead atoms. The minimum absolute atomic E-state index is 0.0652. The van der Waals surface area contributed by atoms with Crippen LogP contribution in [0.5, 0.6) is 0 Å². The first kappa shape index (κ1) is 16.1. The van der Waals surface area contributed by atoms with Crippen LogP contribution < -0.4 is 5.32 Å². The van der Waals surface area contributed by atoms with E-state index in [0.717, 1.165) is 34.6 Å². The molecule has 0 spiro atoms. The van der Waals surface area contributed by atoms with Gasteiger partial charge in [0.05, 0.1) is 21.3 Å². The van der Waals surface area contributed by atoms with Crippen molar-refractivity contribution in [3.8, 4) is 0 Å². The molecule has 0 aliphatic heterocycles. The van der Waals surface area contributed by atoms with Gasteiger partial charge in [0.25, 0.3) is 5.91 Å². The third kappa shape index (κ3) is 3.26. The van der Waals surface area contributed by atoms with Crippen LogP contribution in [0.4, 0.5) is 0 Å². The van der Waals surface area contributed by atoms with E-state index in [1.807, 2.05) is 18.2 Å². The monoisotopic (exact) mass is 352 g/mol. The summed E-state index contributed by atoms with van der Waals surface area (Å²) in [5.74, 6) is 0.763. The van der Waals surface area contributed by atoms with Gasteiger partial charge in [0.1, 0.15) is 5.82 Å². The lowest BCUT2D eigenvalue weighted by molar-refractivity contribution is 0.0956. The van der Waals surface area contributed by atoms with E-state index in [9.17, 15) is 4.79 Å². The molecule has 0 radical (unpaired) electrons. The predicted octanol–water partition coefficient (Wildman–Crippen LogP) is 3.25. The maximum Gasteiger partial charge on any atom is 0.252 e. The summed E-state index contributed by atoms with van der Waals surface area (Å²) in [5.41, 5.74) is 6.95. The fraction of sp³-hybridized carbons (Fsp3) is 0.368. The largest absolute Gasteiger partial charge is 0.352 e. The number of thiazole rings is 1. The first-order valence-corrected chi connectivity index (χ1v) is 9.56. The lowest BCUT2D eigenvalue weighted by Gasteiger charge is -2.17. The van der Waals surface area contributed by atoms with Crippen LogP contribution >= 0.6 is 11.3 Å². The third-order valence-electron chi connectivity index (χ3n) is 4.67. The second-order valence-corrected chi connectivity index (χ2v) is 7.22. The Kier molecular flexibility index (Phi) is 4.44. The van der Waals surface area contributed by atoms with E-state index >= 15 is 0 Å². The molecule has 25 heavy (non-hydrogen) atoms. The Morgan fingerprint density at radius 1 is 1.24 bits per heavy atom. The minimum Gasteiger partial charge on any atom is -0.352 e. The van der Waals surface area contributed by atoms with Crippen LogP contribution in [0.3, 0.4) is 0 Å². The molecule has 1 N–H and O–H groups in total. The molecule has 128 valence electrons. The van der Waals surface area contributed by atoms with Gasteiger partial charge >= 0.3 is 0 Å². The molecule has 1 aromatic carbocycles. The number of carbonyl (C=O) groups is 1. The molecule has 0 atom stereocenters. The highest BCUT2D eigenvalue weighted by atomic mass is 32.1. The lowest BCUT2D eigenvalue weighted by Crippen LogP contribution is -2.26. The van der Waals surface area contributed by atoms with E-state index in [0.29, 0.717) is 18.5 Å². The number of nitrogens with one attached hydrogen (secondary N) is 1. The summed E-state index contributed by atoms with van der Waals surface area (Å²) in [4.78, 5) is 26.1. The molecule has 0 saturated carbocycles. The Morgan fingerprint density at radius 2 is 2.12 bits per heavy atom. The van der Waals surface area contributed by atoms with Gasteiger partial charge in [-0.05, 0) is 50.3 Å². The first-order valence-electron chi connectivity index (χ1n) is 8.68. The van der Waals surface area contributed by atoms with Gasteiger partial charge in [-0.25, -0.2) is 15.0 Å². The topological polar surface area (TPSA) is 67.8 Å². The van der Waals surface area contributed by atoms with Gasteiger partial charge in [0, 0.05) is 24.4 Å². The number of carbonyl (C=O) groups excluding carboxylic acids is 1. The fourth-order valence-electron chi connectivity index (χ4n) is 3.40. The predicted molar refractivity (Wildman–Crippen MR) is 99.1 cm³/mol. The maximum atomic E-state index is 12.5. The highest BCUT2D eigenvalue weighted by Crippen LogP contribution is 2.23. The van der Waals surface area contributed by atoms with Crippen molar-refractivity contribution in [1.29, 1.82) is 0 Å². The van der Waals surface area contributed by atoms with Crippen molar-refractivity contribution >= 4 is 27.5 Å². The van der Waals surface area contributed by atoms with Crippen LogP contribution in [0.2, 0.25) is 0 Å². The lowest BCUT2D eigenvalue weighted by atomic mass is 9.95. The number of aromatic nitrogens is 3. The smallest absolute Gasteiger partial charge is 0.252 e. The van der Waals surface area contributed by atoms with Gasteiger partial charge in [-0.2, -0.15) is 0 Å². The number of hydrogen-bond acceptors (Lipinski definition) is 5. The maximum absolute atomic E-state index is 12.5. The van der Waals surface area contributed by atoms with Crippen LogP contribution in [-0.4, -0.2) is 27.4 Å². The van der Waals surface area contributed by atoms with E-state index in [4.69, 9.17) is 4.98 Å². The first-order chi connectivity index (χ1) is 12.2. The molecule has 2 aromatic heterocycles. The molecule has 6 heteroatoms. The van der Waals surface area contributed by atoms with Gasteiger partial charge in [-0.3, -0.25) is 4.79 Å². The minimum atomic E-state index is -0.0652. The molecule has 1 aliphatic carbocycles. The van der Waals surface area contributed by atoms with Gasteiger partial charge in [-0.15, -0.1) is 11.3 Å². The van der Waals surface area contributed by atoms with Crippen LogP contribution in [0, 0.1) is 6.92 Å². The average molecular weight is 352 g/mol. The summed E-state index contributed by atoms with van der Waals surface area (Å²) in [5, 5.41) is 2.99. The molecule has 1 amide bonds. The summed E-state index contributed by atoms with van der Waals surface area (Å²) in [6.45, 7) is 2.60. The van der Waals surface area contributed by atoms with Gasteiger partial charge < -0.3 is 5.32 Å². The molecule has 0 unspecified atom stereocenters. The quantitative estimate of drug-likeness (QED) is 0.783. The number of aryl methyl sites for hydroxylation is 2. The highest BCUT2D eigenvalue weighted by molar-refractivity contribution is 7.17. The SMILES string of the molecule is Cc1nc(CCNC(=O)c2cccc3ncsc23)nc2c1CCCC2. The van der Waals surface area contributed by atoms with Crippen molar-refractivity contribution in [2.75, 3.05) is 6.54 Å². The van der Waals surface area contributed by atoms with Gasteiger partial charge in [0.2, 0.25) is 0 Å². The number of hydrogen-bond donors (Lipinski definition) is 1. The second kappa shape index (κ2) is 6.88. The number of benzene rings is 1. The molecule has 5 nitrogen and oxygen atoms in total. The van der Waals surface area contributed by atoms with Crippen molar-refractivity contribution in [3.05, 3.63) is 52.0 Å². The average Bonchev–Trinajstić information content (AvgIpc) is 3.10. The summed E-state index contributed by atoms with van der Waals surface area (Å²) in [7, 11) is 0. The molecule has 2 heterocycles. The fourth-order valence-corrected chi connectivity index (χ4v) is 4.21. The highest BCUT2D eigenvalue weighted by Gasteiger charge is 2.16. The van der Waals surface area contributed by atoms with E-state index in [-0.39, 0.29) is 5.91 Å². The van der Waals surface area contributed by atoms with Crippen LogP contribution in [0.1, 0.15) is 46.0 Å². The van der Waals surface area contributed by atoms with E-state index in [1.165, 1.54) is 35.4 Å². The van der Waals surface area contributed by atoms with Crippen molar-refractivity contribution in [3.63, 3.8) is 0 Å². The van der Waals surface area contributed by atoms with Crippen molar-refractivity contribution in [2.45, 2.75) is 39.0 Å². The Hall–Kier alpha value is -2.34. The van der Waals surface area contributed by atoms with Gasteiger partial charge in [0.15, 0.2) is 0 Å². The second-order valence-electron chi connectivity index (χ2n) is 6.37. The Labute approximate surface area is 150 Å². The molecule has 1 aliphatic rings. The molecular weight excluding hydrogens is 332 g/mol. The molecule has 3 aromatic rings. The number of rotatable bonds is 4. The van der Waals surface area contributed by atoms with Gasteiger partial charge in [-0.1, -0.05) is 6.07 Å². The molecule has 0 fully saturated rings. The molecule has 0 saturated heterocycles. The van der Waals surface area contributed by atoms with Crippen LogP contribution in [0.15, 0.2) is 23.7 Å². The zero-order valence-electron chi connectivity index (χ0n) is 14.2. The standard InChI is InChI=1S/C19H20N4OS/c1-12-13-5-2-3-7-15(13)23-17(22-12)9-10-20-19(24)14-6-4-8-16-18(14)25-11-21-16/h4,6,8,11H,2-3,5,7,9-10H2,1H3,(H,20,24). The van der Waals surface area contributed by atoms with Crippen molar-refractivity contribution in [2.24, 2.45) is 0 Å². The summed E-state index contributed by atoms with van der Waals surface area (Å²) < 4.78 is 0.931. The van der Waals surface area contributed by atoms with E-state index < -0.39 is 0 Å². The number of fused-ring (bicyclic) bond motifs is 2. The molecule has 4 rings (SSSR count). The zero-order chi connectivity index (χ0) is 17.2. The Morgan fingerprint density at radius 3 is 3.04 bits per heavy atom. The molecular formula is C19H20N4OS. The summed E-state index contributed by atoms with van der Waals surface area (Å²) >= 11 is 1.49. The van der Waals surface area contributed by atoms with E-state index in [2.05, 4.69) is 22.2 Å². The van der Waals surface area contributed by atoms with Crippen molar-refractivity contribution < 1.29 is 4.79 Å². The number of amides is 1. The summed E-state index contributed by atoms with van der Waals surface area (Å²) in [6, 6.07) is 5.63. The van der Waals surface area contributed by atoms with E-state index in [1.54, 1.807) is 5.51 Å². The Balaban J connectivity index is 1.43. The normalized spacial score (nSPS) is 13.6. The van der Waals surface area contributed by atoms with Crippen molar-refractivity contribution in [1.82, 2.24) is 20.3 Å². The third-order valence-corrected chi connectivity index (χ3v) is 5.55. The Bertz CT molecular complexity index is 934. The summed E-state index contributed by atoms with van der Waals surface area (Å²) in [6.07, 6.45) is 5.23. The van der Waals surface area contributed by atoms with Crippen LogP contribution in [-0.2, 0) is 19.3 Å². The van der Waals surface area contributed by atoms with Crippen LogP contribution in [0.25, 0.3) is 10.2 Å².